The quantitative estimate of drug-likeness (QED) is 0.874. The number of hydrogen-bond acceptors (Lipinski definition) is 1. The van der Waals surface area contributed by atoms with Crippen LogP contribution in [0.5, 0.6) is 0 Å². The lowest BCUT2D eigenvalue weighted by Crippen LogP contribution is -2.36. The minimum Gasteiger partial charge on any atom is -0.353 e. The van der Waals surface area contributed by atoms with Gasteiger partial charge in [0, 0.05) is 16.9 Å². The van der Waals surface area contributed by atoms with Gasteiger partial charge in [0.25, 0.3) is 0 Å². The van der Waals surface area contributed by atoms with Crippen molar-refractivity contribution >= 4 is 21.8 Å². The summed E-state index contributed by atoms with van der Waals surface area (Å²) in [5.74, 6) is 0.471. The van der Waals surface area contributed by atoms with Crippen LogP contribution in [0.25, 0.3) is 0 Å². The number of carbonyl (C=O) groups is 1. The van der Waals surface area contributed by atoms with Gasteiger partial charge in [-0.3, -0.25) is 4.79 Å². The molecule has 0 aromatic heterocycles. The van der Waals surface area contributed by atoms with E-state index in [0.29, 0.717) is 12.5 Å². The Kier molecular flexibility index (Phi) is 5.44. The standard InChI is InChI=1S/C16H22BrNO/c1-12(13-7-9-14(17)10-8-13)11-16(19)18-15-5-3-2-4-6-15/h7-10,12,15H,2-6,11H2,1H3,(H,18,19). The topological polar surface area (TPSA) is 29.1 Å². The van der Waals surface area contributed by atoms with E-state index in [1.807, 2.05) is 12.1 Å². The summed E-state index contributed by atoms with van der Waals surface area (Å²) in [7, 11) is 0. The molecule has 0 spiro atoms. The van der Waals surface area contributed by atoms with Crippen molar-refractivity contribution in [2.45, 2.75) is 57.4 Å². The van der Waals surface area contributed by atoms with Crippen LogP contribution in [0.4, 0.5) is 0 Å². The van der Waals surface area contributed by atoms with Gasteiger partial charge in [-0.25, -0.2) is 0 Å². The Balaban J connectivity index is 1.82. The second-order valence-electron chi connectivity index (χ2n) is 5.56. The van der Waals surface area contributed by atoms with Crippen molar-refractivity contribution in [2.75, 3.05) is 0 Å². The van der Waals surface area contributed by atoms with Gasteiger partial charge in [0.15, 0.2) is 0 Å². The molecule has 1 aromatic carbocycles. The van der Waals surface area contributed by atoms with E-state index >= 15 is 0 Å². The number of carbonyl (C=O) groups excluding carboxylic acids is 1. The fourth-order valence-corrected chi connectivity index (χ4v) is 2.99. The molecule has 1 aromatic rings. The predicted octanol–water partition coefficient (Wildman–Crippen LogP) is 4.39. The summed E-state index contributed by atoms with van der Waals surface area (Å²) in [5, 5.41) is 3.18. The van der Waals surface area contributed by atoms with Crippen molar-refractivity contribution in [2.24, 2.45) is 0 Å². The Morgan fingerprint density at radius 2 is 1.89 bits per heavy atom. The second-order valence-corrected chi connectivity index (χ2v) is 6.47. The third kappa shape index (κ3) is 4.64. The monoisotopic (exact) mass is 323 g/mol. The molecule has 0 bridgehead atoms. The van der Waals surface area contributed by atoms with Crippen LogP contribution in [0.2, 0.25) is 0 Å². The molecule has 104 valence electrons. The Morgan fingerprint density at radius 1 is 1.26 bits per heavy atom. The highest BCUT2D eigenvalue weighted by atomic mass is 79.9. The maximum absolute atomic E-state index is 12.0. The molecule has 0 aliphatic heterocycles. The summed E-state index contributed by atoms with van der Waals surface area (Å²) < 4.78 is 1.08. The van der Waals surface area contributed by atoms with Gasteiger partial charge >= 0.3 is 0 Å². The van der Waals surface area contributed by atoms with Crippen LogP contribution < -0.4 is 5.32 Å². The van der Waals surface area contributed by atoms with Crippen molar-refractivity contribution in [3.05, 3.63) is 34.3 Å². The fourth-order valence-electron chi connectivity index (χ4n) is 2.72. The lowest BCUT2D eigenvalue weighted by atomic mass is 9.94. The van der Waals surface area contributed by atoms with Crippen LogP contribution >= 0.6 is 15.9 Å². The number of amides is 1. The molecular formula is C16H22BrNO. The van der Waals surface area contributed by atoms with Crippen molar-refractivity contribution in [3.63, 3.8) is 0 Å². The van der Waals surface area contributed by atoms with E-state index in [1.165, 1.54) is 24.8 Å². The largest absolute Gasteiger partial charge is 0.353 e. The smallest absolute Gasteiger partial charge is 0.220 e. The van der Waals surface area contributed by atoms with Crippen LogP contribution in [0, 0.1) is 0 Å². The van der Waals surface area contributed by atoms with Crippen LogP contribution in [-0.4, -0.2) is 11.9 Å². The first kappa shape index (κ1) is 14.6. The predicted molar refractivity (Wildman–Crippen MR) is 82.2 cm³/mol. The second kappa shape index (κ2) is 7.09. The Labute approximate surface area is 124 Å². The van der Waals surface area contributed by atoms with Gasteiger partial charge in [-0.15, -0.1) is 0 Å². The van der Waals surface area contributed by atoms with Gasteiger partial charge in [-0.2, -0.15) is 0 Å². The van der Waals surface area contributed by atoms with Gasteiger partial charge < -0.3 is 5.32 Å². The maximum atomic E-state index is 12.0. The Bertz CT molecular complexity index is 409. The van der Waals surface area contributed by atoms with Crippen LogP contribution in [0.1, 0.15) is 56.9 Å². The van der Waals surface area contributed by atoms with E-state index < -0.39 is 0 Å². The normalized spacial score (nSPS) is 18.0. The van der Waals surface area contributed by atoms with Gasteiger partial charge in [0.1, 0.15) is 0 Å². The highest BCUT2D eigenvalue weighted by molar-refractivity contribution is 9.10. The molecule has 1 unspecified atom stereocenters. The van der Waals surface area contributed by atoms with Crippen LogP contribution in [0.15, 0.2) is 28.7 Å². The zero-order valence-corrected chi connectivity index (χ0v) is 13.1. The molecule has 1 aliphatic rings. The molecule has 0 saturated heterocycles. The van der Waals surface area contributed by atoms with Crippen molar-refractivity contribution in [1.29, 1.82) is 0 Å². The minimum atomic E-state index is 0.197. The number of nitrogens with one attached hydrogen (secondary N) is 1. The molecular weight excluding hydrogens is 302 g/mol. The molecule has 1 fully saturated rings. The van der Waals surface area contributed by atoms with Gasteiger partial charge in [0.2, 0.25) is 5.91 Å². The van der Waals surface area contributed by atoms with Crippen LogP contribution in [0.3, 0.4) is 0 Å². The molecule has 2 rings (SSSR count). The van der Waals surface area contributed by atoms with Crippen molar-refractivity contribution in [3.8, 4) is 0 Å². The van der Waals surface area contributed by atoms with E-state index in [0.717, 1.165) is 17.3 Å². The lowest BCUT2D eigenvalue weighted by Gasteiger charge is -2.23. The van der Waals surface area contributed by atoms with Crippen LogP contribution in [-0.2, 0) is 4.79 Å². The lowest BCUT2D eigenvalue weighted by molar-refractivity contribution is -0.122. The molecule has 3 heteroatoms. The Hall–Kier alpha value is -0.830. The summed E-state index contributed by atoms with van der Waals surface area (Å²) in [5.41, 5.74) is 1.22. The van der Waals surface area contributed by atoms with Crippen molar-refractivity contribution in [1.82, 2.24) is 5.32 Å². The molecule has 19 heavy (non-hydrogen) atoms. The SMILES string of the molecule is CC(CC(=O)NC1CCCCC1)c1ccc(Br)cc1. The van der Waals surface area contributed by atoms with E-state index in [4.69, 9.17) is 0 Å². The highest BCUT2D eigenvalue weighted by Gasteiger charge is 2.17. The number of hydrogen-bond donors (Lipinski definition) is 1. The molecule has 1 amide bonds. The first-order valence-corrected chi connectivity index (χ1v) is 7.99. The molecule has 1 N–H and O–H groups in total. The highest BCUT2D eigenvalue weighted by Crippen LogP contribution is 2.22. The first-order valence-electron chi connectivity index (χ1n) is 7.20. The molecule has 0 heterocycles. The van der Waals surface area contributed by atoms with Crippen molar-refractivity contribution < 1.29 is 4.79 Å². The van der Waals surface area contributed by atoms with E-state index in [9.17, 15) is 4.79 Å². The van der Waals surface area contributed by atoms with Gasteiger partial charge in [-0.05, 0) is 36.5 Å². The zero-order chi connectivity index (χ0) is 13.7. The van der Waals surface area contributed by atoms with E-state index in [-0.39, 0.29) is 11.8 Å². The molecule has 1 aliphatic carbocycles. The Morgan fingerprint density at radius 3 is 2.53 bits per heavy atom. The summed E-state index contributed by atoms with van der Waals surface area (Å²) in [4.78, 5) is 12.0. The van der Waals surface area contributed by atoms with Gasteiger partial charge in [-0.1, -0.05) is 54.2 Å². The third-order valence-corrected chi connectivity index (χ3v) is 4.43. The fraction of sp³-hybridized carbons (Fsp3) is 0.562. The molecule has 1 saturated carbocycles. The maximum Gasteiger partial charge on any atom is 0.220 e. The average Bonchev–Trinajstić information content (AvgIpc) is 2.40. The molecule has 0 radical (unpaired) electrons. The number of rotatable bonds is 4. The first-order chi connectivity index (χ1) is 9.15. The summed E-state index contributed by atoms with van der Waals surface area (Å²) >= 11 is 3.43. The summed E-state index contributed by atoms with van der Waals surface area (Å²) in [6.07, 6.45) is 6.72. The summed E-state index contributed by atoms with van der Waals surface area (Å²) in [6.45, 7) is 2.11. The average molecular weight is 324 g/mol. The van der Waals surface area contributed by atoms with Gasteiger partial charge in [0.05, 0.1) is 0 Å². The zero-order valence-electron chi connectivity index (χ0n) is 11.5. The summed E-state index contributed by atoms with van der Waals surface area (Å²) in [6, 6.07) is 8.65. The van der Waals surface area contributed by atoms with E-state index in [1.54, 1.807) is 0 Å². The molecule has 2 nitrogen and oxygen atoms in total. The minimum absolute atomic E-state index is 0.197. The number of benzene rings is 1. The number of halogens is 1. The van der Waals surface area contributed by atoms with E-state index in [2.05, 4.69) is 40.3 Å². The molecule has 1 atom stereocenters. The third-order valence-electron chi connectivity index (χ3n) is 3.90.